The maximum atomic E-state index is 11.7. The van der Waals surface area contributed by atoms with Crippen molar-refractivity contribution in [1.29, 1.82) is 0 Å². The van der Waals surface area contributed by atoms with Gasteiger partial charge in [0.2, 0.25) is 0 Å². The number of phenolic OH excluding ortho intramolecular Hbond substituents is 3. The lowest BCUT2D eigenvalue weighted by atomic mass is 9.89. The molecule has 2 rings (SSSR count). The van der Waals surface area contributed by atoms with Crippen molar-refractivity contribution in [2.75, 3.05) is 13.7 Å². The van der Waals surface area contributed by atoms with Crippen LogP contribution in [0, 0.1) is 0 Å². The molecular formula is C14H18O10. The Bertz CT molecular complexity index is 628. The zero-order valence-corrected chi connectivity index (χ0v) is 12.5. The molecule has 5 atom stereocenters. The Hall–Kier alpha value is -2.11. The summed E-state index contributed by atoms with van der Waals surface area (Å²) in [6.45, 7) is -0.717. The lowest BCUT2D eigenvalue weighted by Crippen LogP contribution is -2.55. The van der Waals surface area contributed by atoms with E-state index in [2.05, 4.69) is 4.74 Å². The molecule has 0 aromatic heterocycles. The van der Waals surface area contributed by atoms with Gasteiger partial charge in [-0.2, -0.15) is 0 Å². The number of carbonyl (C=O) groups is 1. The van der Waals surface area contributed by atoms with Crippen molar-refractivity contribution in [1.82, 2.24) is 0 Å². The second kappa shape index (κ2) is 6.79. The quantitative estimate of drug-likeness (QED) is 0.306. The summed E-state index contributed by atoms with van der Waals surface area (Å²) >= 11 is 0. The summed E-state index contributed by atoms with van der Waals surface area (Å²) in [5.41, 5.74) is -1.19. The Labute approximate surface area is 135 Å². The van der Waals surface area contributed by atoms with Gasteiger partial charge in [-0.25, -0.2) is 4.79 Å². The molecule has 0 spiro atoms. The Balaban J connectivity index is 2.57. The van der Waals surface area contributed by atoms with E-state index in [-0.39, 0.29) is 0 Å². The average molecular weight is 346 g/mol. The van der Waals surface area contributed by atoms with Crippen molar-refractivity contribution >= 4 is 5.97 Å². The van der Waals surface area contributed by atoms with Gasteiger partial charge in [0.1, 0.15) is 53.3 Å². The minimum Gasteiger partial charge on any atom is -0.507 e. The van der Waals surface area contributed by atoms with Crippen molar-refractivity contribution in [3.63, 3.8) is 0 Å². The van der Waals surface area contributed by atoms with Crippen LogP contribution >= 0.6 is 0 Å². The van der Waals surface area contributed by atoms with E-state index in [0.29, 0.717) is 0 Å². The lowest BCUT2D eigenvalue weighted by molar-refractivity contribution is -0.232. The van der Waals surface area contributed by atoms with Gasteiger partial charge in [0, 0.05) is 6.07 Å². The number of phenols is 3. The summed E-state index contributed by atoms with van der Waals surface area (Å²) in [5.74, 6) is -3.55. The first-order valence-corrected chi connectivity index (χ1v) is 6.91. The van der Waals surface area contributed by atoms with Gasteiger partial charge in [0.15, 0.2) is 0 Å². The van der Waals surface area contributed by atoms with Gasteiger partial charge in [-0.15, -0.1) is 0 Å². The molecule has 0 saturated carbocycles. The van der Waals surface area contributed by atoms with Gasteiger partial charge in [-0.1, -0.05) is 0 Å². The first-order valence-electron chi connectivity index (χ1n) is 6.91. The Morgan fingerprint density at radius 1 is 1.12 bits per heavy atom. The zero-order chi connectivity index (χ0) is 18.2. The number of aliphatic hydroxyl groups is 4. The maximum Gasteiger partial charge on any atom is 0.345 e. The van der Waals surface area contributed by atoms with E-state index in [9.17, 15) is 40.5 Å². The molecule has 1 aliphatic rings. The molecule has 0 radical (unpaired) electrons. The maximum absolute atomic E-state index is 11.7. The Morgan fingerprint density at radius 3 is 2.29 bits per heavy atom. The van der Waals surface area contributed by atoms with Crippen LogP contribution in [0.5, 0.6) is 17.2 Å². The molecule has 0 aliphatic carbocycles. The highest BCUT2D eigenvalue weighted by Gasteiger charge is 2.46. The average Bonchev–Trinajstić information content (AvgIpc) is 2.54. The molecule has 1 heterocycles. The highest BCUT2D eigenvalue weighted by molar-refractivity contribution is 5.96. The van der Waals surface area contributed by atoms with E-state index in [0.717, 1.165) is 13.2 Å². The first kappa shape index (κ1) is 18.2. The number of hydrogen-bond donors (Lipinski definition) is 7. The summed E-state index contributed by atoms with van der Waals surface area (Å²) in [7, 11) is 1.00. The van der Waals surface area contributed by atoms with Crippen LogP contribution < -0.4 is 0 Å². The molecule has 10 nitrogen and oxygen atoms in total. The van der Waals surface area contributed by atoms with Crippen LogP contribution in [0.25, 0.3) is 0 Å². The number of aliphatic hydroxyl groups excluding tert-OH is 4. The summed E-state index contributed by atoms with van der Waals surface area (Å²) in [6, 6.07) is 0.725. The molecule has 7 N–H and O–H groups in total. The molecule has 1 fully saturated rings. The number of ether oxygens (including phenoxy) is 2. The monoisotopic (exact) mass is 346 g/mol. The van der Waals surface area contributed by atoms with Crippen molar-refractivity contribution < 1.29 is 50.0 Å². The predicted octanol–water partition coefficient (Wildman–Crippen LogP) is -1.90. The van der Waals surface area contributed by atoms with E-state index in [1.54, 1.807) is 0 Å². The van der Waals surface area contributed by atoms with Gasteiger partial charge in [-0.05, 0) is 0 Å². The van der Waals surface area contributed by atoms with E-state index in [1.807, 2.05) is 0 Å². The number of benzene rings is 1. The lowest BCUT2D eigenvalue weighted by Gasteiger charge is -2.40. The van der Waals surface area contributed by atoms with Crippen LogP contribution in [0.4, 0.5) is 0 Å². The standard InChI is InChI=1S/C14H18O10/c1-23-14(22)8-5(17)2-4(16)7(10(8)19)13-12(21)11(20)9(18)6(3-15)24-13/h2,6,9,11-13,15-21H,3H2,1H3. The zero-order valence-electron chi connectivity index (χ0n) is 12.5. The fraction of sp³-hybridized carbons (Fsp3) is 0.500. The molecule has 0 bridgehead atoms. The fourth-order valence-electron chi connectivity index (χ4n) is 2.58. The van der Waals surface area contributed by atoms with Gasteiger partial charge in [0.25, 0.3) is 0 Å². The molecular weight excluding hydrogens is 328 g/mol. The van der Waals surface area contributed by atoms with Gasteiger partial charge >= 0.3 is 5.97 Å². The van der Waals surface area contributed by atoms with Crippen LogP contribution in [0.1, 0.15) is 22.0 Å². The largest absolute Gasteiger partial charge is 0.507 e. The highest BCUT2D eigenvalue weighted by Crippen LogP contribution is 2.45. The number of rotatable bonds is 3. The fourth-order valence-corrected chi connectivity index (χ4v) is 2.58. The predicted molar refractivity (Wildman–Crippen MR) is 75.5 cm³/mol. The van der Waals surface area contributed by atoms with Crippen LogP contribution in [0.2, 0.25) is 0 Å². The first-order chi connectivity index (χ1) is 11.2. The Kier molecular flexibility index (Phi) is 5.16. The summed E-state index contributed by atoms with van der Waals surface area (Å²) in [4.78, 5) is 11.7. The van der Waals surface area contributed by atoms with Crippen LogP contribution in [-0.2, 0) is 9.47 Å². The molecule has 1 saturated heterocycles. The van der Waals surface area contributed by atoms with E-state index >= 15 is 0 Å². The summed E-state index contributed by atoms with van der Waals surface area (Å²) in [5, 5.41) is 68.7. The molecule has 24 heavy (non-hydrogen) atoms. The van der Waals surface area contributed by atoms with Crippen molar-refractivity contribution in [3.05, 3.63) is 17.2 Å². The molecule has 1 aromatic carbocycles. The Morgan fingerprint density at radius 2 is 1.75 bits per heavy atom. The minimum absolute atomic E-state index is 0.509. The van der Waals surface area contributed by atoms with E-state index in [1.165, 1.54) is 0 Å². The summed E-state index contributed by atoms with van der Waals surface area (Å²) in [6.07, 6.45) is -8.07. The topological polar surface area (TPSA) is 177 Å². The third kappa shape index (κ3) is 2.85. The third-order valence-corrected chi connectivity index (χ3v) is 3.86. The number of hydrogen-bond acceptors (Lipinski definition) is 10. The number of esters is 1. The number of methoxy groups -OCH3 is 1. The van der Waals surface area contributed by atoms with Crippen molar-refractivity contribution in [2.24, 2.45) is 0 Å². The molecule has 5 unspecified atom stereocenters. The van der Waals surface area contributed by atoms with Gasteiger partial charge in [-0.3, -0.25) is 0 Å². The third-order valence-electron chi connectivity index (χ3n) is 3.86. The SMILES string of the molecule is COC(=O)c1c(O)cc(O)c(C2OC(CO)C(O)C(O)C2O)c1O. The second-order valence-corrected chi connectivity index (χ2v) is 5.29. The van der Waals surface area contributed by atoms with Gasteiger partial charge in [0.05, 0.1) is 19.3 Å². The summed E-state index contributed by atoms with van der Waals surface area (Å²) < 4.78 is 9.64. The van der Waals surface area contributed by atoms with E-state index in [4.69, 9.17) is 4.74 Å². The smallest absolute Gasteiger partial charge is 0.345 e. The molecule has 1 aromatic rings. The van der Waals surface area contributed by atoms with Crippen molar-refractivity contribution in [3.8, 4) is 17.2 Å². The van der Waals surface area contributed by atoms with Crippen LogP contribution in [0.15, 0.2) is 6.07 Å². The molecule has 10 heteroatoms. The number of aromatic hydroxyl groups is 3. The van der Waals surface area contributed by atoms with Crippen LogP contribution in [0.3, 0.4) is 0 Å². The number of carbonyl (C=O) groups excluding carboxylic acids is 1. The highest BCUT2D eigenvalue weighted by atomic mass is 16.5. The van der Waals surface area contributed by atoms with Crippen LogP contribution in [-0.4, -0.2) is 79.8 Å². The molecule has 0 amide bonds. The van der Waals surface area contributed by atoms with Crippen molar-refractivity contribution in [2.45, 2.75) is 30.5 Å². The van der Waals surface area contributed by atoms with Gasteiger partial charge < -0.3 is 45.2 Å². The van der Waals surface area contributed by atoms with E-state index < -0.39 is 71.5 Å². The normalized spacial score (nSPS) is 30.1. The minimum atomic E-state index is -1.80. The molecule has 1 aliphatic heterocycles. The molecule has 134 valence electrons. The second-order valence-electron chi connectivity index (χ2n) is 5.29.